The van der Waals surface area contributed by atoms with E-state index in [1.165, 1.54) is 30.3 Å². The molecule has 2 aromatic rings. The monoisotopic (exact) mass is 353 g/mol. The van der Waals surface area contributed by atoms with Gasteiger partial charge in [0.25, 0.3) is 0 Å². The van der Waals surface area contributed by atoms with Crippen molar-refractivity contribution < 1.29 is 18.0 Å². The lowest BCUT2D eigenvalue weighted by Crippen LogP contribution is -2.22. The molecule has 0 aliphatic heterocycles. The Morgan fingerprint density at radius 1 is 1.21 bits per heavy atom. The highest BCUT2D eigenvalue weighted by Crippen LogP contribution is 2.30. The second-order valence-corrected chi connectivity index (χ2v) is 5.22. The third kappa shape index (κ3) is 4.64. The molecule has 0 aromatic heterocycles. The Kier molecular flexibility index (Phi) is 5.31. The van der Waals surface area contributed by atoms with Crippen molar-refractivity contribution in [2.45, 2.75) is 6.18 Å². The number of amides is 1. The summed E-state index contributed by atoms with van der Waals surface area (Å²) >= 11 is 5.81. The van der Waals surface area contributed by atoms with Gasteiger partial charge in [-0.1, -0.05) is 17.7 Å². The number of halogens is 4. The summed E-state index contributed by atoms with van der Waals surface area (Å²) in [7, 11) is 0. The van der Waals surface area contributed by atoms with Crippen molar-refractivity contribution in [3.63, 3.8) is 0 Å². The Balaban J connectivity index is 2.02. The van der Waals surface area contributed by atoms with Crippen molar-refractivity contribution in [1.29, 1.82) is 5.26 Å². The number of nitrogens with zero attached hydrogens (tertiary/aromatic N) is 1. The number of anilines is 2. The Morgan fingerprint density at radius 2 is 1.96 bits per heavy atom. The van der Waals surface area contributed by atoms with Crippen LogP contribution < -0.4 is 10.6 Å². The second-order valence-electron chi connectivity index (χ2n) is 4.78. The normalized spacial score (nSPS) is 10.8. The van der Waals surface area contributed by atoms with Crippen molar-refractivity contribution in [2.24, 2.45) is 0 Å². The number of benzene rings is 2. The predicted octanol–water partition coefficient (Wildman–Crippen LogP) is 4.28. The Bertz CT molecular complexity index is 800. The van der Waals surface area contributed by atoms with E-state index < -0.39 is 17.6 Å². The van der Waals surface area contributed by atoms with Gasteiger partial charge in [0.2, 0.25) is 5.91 Å². The van der Waals surface area contributed by atoms with Gasteiger partial charge in [0, 0.05) is 10.7 Å². The topological polar surface area (TPSA) is 64.9 Å². The molecule has 0 atom stereocenters. The van der Waals surface area contributed by atoms with Gasteiger partial charge in [0.1, 0.15) is 6.07 Å². The van der Waals surface area contributed by atoms with Crippen LogP contribution in [0.2, 0.25) is 5.02 Å². The van der Waals surface area contributed by atoms with Crippen molar-refractivity contribution in [3.8, 4) is 6.07 Å². The molecule has 0 aliphatic carbocycles. The molecule has 0 saturated carbocycles. The lowest BCUT2D eigenvalue weighted by atomic mass is 10.2. The molecule has 124 valence electrons. The number of carbonyl (C=O) groups is 1. The van der Waals surface area contributed by atoms with E-state index in [1.54, 1.807) is 0 Å². The summed E-state index contributed by atoms with van der Waals surface area (Å²) in [5, 5.41) is 14.4. The summed E-state index contributed by atoms with van der Waals surface area (Å²) < 4.78 is 37.9. The van der Waals surface area contributed by atoms with Crippen LogP contribution in [0, 0.1) is 11.3 Å². The first kappa shape index (κ1) is 17.6. The number of carbonyl (C=O) groups excluding carboxylic acids is 1. The minimum absolute atomic E-state index is 0.159. The summed E-state index contributed by atoms with van der Waals surface area (Å²) in [6, 6.07) is 10.8. The fraction of sp³-hybridized carbons (Fsp3) is 0.125. The molecule has 0 heterocycles. The Hall–Kier alpha value is -2.72. The van der Waals surface area contributed by atoms with Crippen LogP contribution in [-0.2, 0) is 11.0 Å². The molecule has 0 saturated heterocycles. The molecule has 8 heteroatoms. The molecule has 0 unspecified atom stereocenters. The van der Waals surface area contributed by atoms with Crippen molar-refractivity contribution >= 4 is 28.9 Å². The van der Waals surface area contributed by atoms with E-state index in [-0.39, 0.29) is 23.5 Å². The molecule has 24 heavy (non-hydrogen) atoms. The number of hydrogen-bond acceptors (Lipinski definition) is 3. The van der Waals surface area contributed by atoms with Gasteiger partial charge in [-0.3, -0.25) is 4.79 Å². The van der Waals surface area contributed by atoms with E-state index in [1.807, 2.05) is 6.07 Å². The minimum atomic E-state index is -4.46. The van der Waals surface area contributed by atoms with Gasteiger partial charge in [-0.05, 0) is 36.4 Å². The van der Waals surface area contributed by atoms with Gasteiger partial charge in [0.05, 0.1) is 23.4 Å². The molecule has 2 aromatic carbocycles. The molecule has 0 spiro atoms. The minimum Gasteiger partial charge on any atom is -0.376 e. The lowest BCUT2D eigenvalue weighted by molar-refractivity contribution is -0.137. The molecule has 2 N–H and O–H groups in total. The maximum Gasteiger partial charge on any atom is 0.416 e. The smallest absolute Gasteiger partial charge is 0.376 e. The van der Waals surface area contributed by atoms with E-state index in [2.05, 4.69) is 10.6 Å². The van der Waals surface area contributed by atoms with E-state index in [4.69, 9.17) is 16.9 Å². The van der Waals surface area contributed by atoms with Crippen molar-refractivity contribution in [3.05, 3.63) is 58.6 Å². The fourth-order valence-corrected chi connectivity index (χ4v) is 2.07. The van der Waals surface area contributed by atoms with Crippen LogP contribution in [0.3, 0.4) is 0 Å². The van der Waals surface area contributed by atoms with Crippen molar-refractivity contribution in [2.75, 3.05) is 17.2 Å². The summed E-state index contributed by atoms with van der Waals surface area (Å²) in [5.74, 6) is -0.522. The zero-order valence-corrected chi connectivity index (χ0v) is 12.9. The zero-order chi connectivity index (χ0) is 17.7. The molecule has 0 radical (unpaired) electrons. The average molecular weight is 354 g/mol. The summed E-state index contributed by atoms with van der Waals surface area (Å²) in [6.45, 7) is -0.265. The number of nitrogens with one attached hydrogen (secondary N) is 2. The number of hydrogen-bond donors (Lipinski definition) is 2. The maximum absolute atomic E-state index is 12.6. The summed E-state index contributed by atoms with van der Waals surface area (Å²) in [5.41, 5.74) is -0.186. The molecule has 0 aliphatic rings. The quantitative estimate of drug-likeness (QED) is 0.862. The highest BCUT2D eigenvalue weighted by atomic mass is 35.5. The summed E-state index contributed by atoms with van der Waals surface area (Å²) in [4.78, 5) is 11.9. The highest BCUT2D eigenvalue weighted by Gasteiger charge is 2.30. The fourth-order valence-electron chi connectivity index (χ4n) is 1.90. The average Bonchev–Trinajstić information content (AvgIpc) is 2.53. The highest BCUT2D eigenvalue weighted by molar-refractivity contribution is 6.31. The van der Waals surface area contributed by atoms with Crippen LogP contribution in [-0.4, -0.2) is 12.5 Å². The van der Waals surface area contributed by atoms with Gasteiger partial charge in [0.15, 0.2) is 0 Å². The van der Waals surface area contributed by atoms with Gasteiger partial charge in [-0.15, -0.1) is 0 Å². The van der Waals surface area contributed by atoms with Gasteiger partial charge in [-0.25, -0.2) is 0 Å². The van der Waals surface area contributed by atoms with Gasteiger partial charge in [-0.2, -0.15) is 18.4 Å². The van der Waals surface area contributed by atoms with E-state index in [9.17, 15) is 18.0 Å². The van der Waals surface area contributed by atoms with Crippen LogP contribution in [0.25, 0.3) is 0 Å². The van der Waals surface area contributed by atoms with Crippen LogP contribution in [0.5, 0.6) is 0 Å². The van der Waals surface area contributed by atoms with Crippen LogP contribution >= 0.6 is 11.6 Å². The molecular formula is C16H11ClF3N3O. The molecular weight excluding hydrogens is 343 g/mol. The first-order valence-electron chi connectivity index (χ1n) is 6.70. The van der Waals surface area contributed by atoms with Gasteiger partial charge >= 0.3 is 6.18 Å². The summed E-state index contributed by atoms with van der Waals surface area (Å²) in [6.07, 6.45) is -4.46. The number of alkyl halides is 3. The second kappa shape index (κ2) is 7.23. The predicted molar refractivity (Wildman–Crippen MR) is 84.7 cm³/mol. The molecule has 0 bridgehead atoms. The van der Waals surface area contributed by atoms with E-state index in [0.717, 1.165) is 12.1 Å². The molecule has 4 nitrogen and oxygen atoms in total. The first-order chi connectivity index (χ1) is 11.3. The zero-order valence-electron chi connectivity index (χ0n) is 12.1. The molecule has 2 rings (SSSR count). The maximum atomic E-state index is 12.6. The largest absolute Gasteiger partial charge is 0.416 e. The lowest BCUT2D eigenvalue weighted by Gasteiger charge is -2.11. The van der Waals surface area contributed by atoms with Crippen LogP contribution in [0.4, 0.5) is 24.5 Å². The third-order valence-corrected chi connectivity index (χ3v) is 3.25. The van der Waals surface area contributed by atoms with Crippen LogP contribution in [0.15, 0.2) is 42.5 Å². The number of rotatable bonds is 4. The van der Waals surface area contributed by atoms with Crippen molar-refractivity contribution in [1.82, 2.24) is 0 Å². The molecule has 0 fully saturated rings. The van der Waals surface area contributed by atoms with E-state index in [0.29, 0.717) is 5.02 Å². The Morgan fingerprint density at radius 3 is 2.62 bits per heavy atom. The van der Waals surface area contributed by atoms with E-state index >= 15 is 0 Å². The SMILES string of the molecule is N#Cc1ccc(Cl)cc1NC(=O)CNc1cccc(C(F)(F)F)c1. The first-order valence-corrected chi connectivity index (χ1v) is 7.08. The standard InChI is InChI=1S/C16H11ClF3N3O/c17-12-5-4-10(8-21)14(7-12)23-15(24)9-22-13-3-1-2-11(6-13)16(18,19)20/h1-7,22H,9H2,(H,23,24). The number of nitriles is 1. The third-order valence-electron chi connectivity index (χ3n) is 3.02. The van der Waals surface area contributed by atoms with Gasteiger partial charge < -0.3 is 10.6 Å². The Labute approximate surface area is 140 Å². The van der Waals surface area contributed by atoms with Crippen LogP contribution in [0.1, 0.15) is 11.1 Å². The molecule has 1 amide bonds.